The van der Waals surface area contributed by atoms with Crippen molar-refractivity contribution in [1.82, 2.24) is 5.32 Å². The van der Waals surface area contributed by atoms with E-state index in [1.54, 1.807) is 17.9 Å². The number of carbonyl (C=O) groups excluding carboxylic acids is 3. The maximum atomic E-state index is 12.2. The average molecular weight is 475 g/mol. The van der Waals surface area contributed by atoms with Gasteiger partial charge in [-0.15, -0.1) is 11.3 Å². The molecule has 2 amide bonds. The van der Waals surface area contributed by atoms with E-state index in [-0.39, 0.29) is 24.3 Å². The number of ether oxygens (including phenoxy) is 1. The summed E-state index contributed by atoms with van der Waals surface area (Å²) < 4.78 is 5.51. The highest BCUT2D eigenvalue weighted by Crippen LogP contribution is 2.28. The van der Waals surface area contributed by atoms with Gasteiger partial charge in [0.1, 0.15) is 11.4 Å². The number of Topliss-reactive ketones (excluding diaryl/α,β-unsaturated/α-hetero) is 1. The van der Waals surface area contributed by atoms with Crippen molar-refractivity contribution < 1.29 is 19.1 Å². The molecule has 1 unspecified atom stereocenters. The zero-order valence-electron chi connectivity index (χ0n) is 21.0. The number of aryl methyl sites for hydroxylation is 2. The second-order valence-electron chi connectivity index (χ2n) is 8.39. The summed E-state index contributed by atoms with van der Waals surface area (Å²) in [4.78, 5) is 37.5. The molecular formula is C26H38N2O4S. The second kappa shape index (κ2) is 13.8. The third-order valence-electron chi connectivity index (χ3n) is 4.98. The first-order valence-corrected chi connectivity index (χ1v) is 12.3. The second-order valence-corrected chi connectivity index (χ2v) is 9.68. The van der Waals surface area contributed by atoms with Gasteiger partial charge in [-0.25, -0.2) is 4.79 Å². The number of ketones is 1. The van der Waals surface area contributed by atoms with E-state index in [2.05, 4.69) is 19.2 Å². The van der Waals surface area contributed by atoms with Crippen molar-refractivity contribution in [3.8, 4) is 0 Å². The minimum absolute atomic E-state index is 0.140. The Balaban J connectivity index is 0.000000517. The number of rotatable bonds is 6. The van der Waals surface area contributed by atoms with Gasteiger partial charge in [-0.1, -0.05) is 51.3 Å². The molecule has 0 radical (unpaired) electrons. The van der Waals surface area contributed by atoms with Gasteiger partial charge in [0.15, 0.2) is 0 Å². The van der Waals surface area contributed by atoms with Gasteiger partial charge in [-0.05, 0) is 52.0 Å². The molecule has 1 atom stereocenters. The van der Waals surface area contributed by atoms with E-state index in [1.807, 2.05) is 58.0 Å². The van der Waals surface area contributed by atoms with Crippen LogP contribution in [-0.2, 0) is 9.53 Å². The number of anilines is 1. The Bertz CT molecular complexity index is 905. The molecular weight excluding hydrogens is 436 g/mol. The van der Waals surface area contributed by atoms with Crippen LogP contribution in [0.5, 0.6) is 0 Å². The van der Waals surface area contributed by atoms with E-state index in [0.29, 0.717) is 17.8 Å². The first-order valence-electron chi connectivity index (χ1n) is 11.5. The smallest absolute Gasteiger partial charge is 0.415 e. The molecule has 1 aromatic carbocycles. The maximum absolute atomic E-state index is 12.2. The van der Waals surface area contributed by atoms with Crippen LogP contribution in [0.1, 0.15) is 74.0 Å². The van der Waals surface area contributed by atoms with Crippen LogP contribution in [0.4, 0.5) is 10.5 Å². The topological polar surface area (TPSA) is 75.7 Å². The van der Waals surface area contributed by atoms with Crippen LogP contribution in [0.25, 0.3) is 0 Å². The summed E-state index contributed by atoms with van der Waals surface area (Å²) in [7, 11) is 0. The van der Waals surface area contributed by atoms with Crippen LogP contribution in [0, 0.1) is 13.8 Å². The molecule has 0 bridgehead atoms. The van der Waals surface area contributed by atoms with Crippen LogP contribution in [0.2, 0.25) is 0 Å². The molecule has 6 nitrogen and oxygen atoms in total. The third kappa shape index (κ3) is 9.78. The summed E-state index contributed by atoms with van der Waals surface area (Å²) >= 11 is 1.45. The number of thiophene rings is 1. The Morgan fingerprint density at radius 1 is 1.06 bits per heavy atom. The van der Waals surface area contributed by atoms with Gasteiger partial charge < -0.3 is 14.8 Å². The standard InChI is InChI=1S/C18H20N2O3S.C4H8O.C4H10/c1-12-4-7-14(8-5-12)20-11-18(3,23-17(20)22)10-19-16(21)15-9-6-13(2)24-15;1-3-4(2)5;1-3-4-2/h4-9H,10-11H2,1-3H3,(H,19,21);3H2,1-2H3;3-4H2,1-2H3. The van der Waals surface area contributed by atoms with Crippen LogP contribution in [0.3, 0.4) is 0 Å². The van der Waals surface area contributed by atoms with E-state index in [1.165, 1.54) is 24.2 Å². The normalized spacial score (nSPS) is 16.7. The number of nitrogens with zero attached hydrogens (tertiary/aromatic N) is 1. The van der Waals surface area contributed by atoms with Gasteiger partial charge in [0.05, 0.1) is 18.0 Å². The highest BCUT2D eigenvalue weighted by atomic mass is 32.1. The van der Waals surface area contributed by atoms with E-state index < -0.39 is 5.60 Å². The van der Waals surface area contributed by atoms with E-state index in [0.717, 1.165) is 16.1 Å². The zero-order valence-corrected chi connectivity index (χ0v) is 21.8. The molecule has 33 heavy (non-hydrogen) atoms. The van der Waals surface area contributed by atoms with E-state index in [4.69, 9.17) is 4.74 Å². The predicted octanol–water partition coefficient (Wildman–Crippen LogP) is 6.30. The van der Waals surface area contributed by atoms with Gasteiger partial charge in [-0.3, -0.25) is 9.69 Å². The van der Waals surface area contributed by atoms with Crippen LogP contribution < -0.4 is 10.2 Å². The lowest BCUT2D eigenvalue weighted by Crippen LogP contribution is -2.43. The Labute approximate surface area is 202 Å². The zero-order chi connectivity index (χ0) is 25.0. The lowest BCUT2D eigenvalue weighted by molar-refractivity contribution is -0.116. The van der Waals surface area contributed by atoms with Crippen molar-refractivity contribution in [2.45, 2.75) is 73.3 Å². The fourth-order valence-corrected chi connectivity index (χ4v) is 3.41. The summed E-state index contributed by atoms with van der Waals surface area (Å²) in [5, 5.41) is 2.86. The largest absolute Gasteiger partial charge is 0.439 e. The molecule has 3 rings (SSSR count). The summed E-state index contributed by atoms with van der Waals surface area (Å²) in [6.07, 6.45) is 2.92. The fourth-order valence-electron chi connectivity index (χ4n) is 2.62. The number of hydrogen-bond acceptors (Lipinski definition) is 5. The predicted molar refractivity (Wildman–Crippen MR) is 136 cm³/mol. The highest BCUT2D eigenvalue weighted by molar-refractivity contribution is 7.13. The summed E-state index contributed by atoms with van der Waals surface area (Å²) in [6.45, 7) is 14.3. The first-order chi connectivity index (χ1) is 15.5. The van der Waals surface area contributed by atoms with Crippen LogP contribution >= 0.6 is 11.3 Å². The third-order valence-corrected chi connectivity index (χ3v) is 5.98. The summed E-state index contributed by atoms with van der Waals surface area (Å²) in [5.74, 6) is 0.115. The van der Waals surface area contributed by atoms with Gasteiger partial charge in [0, 0.05) is 17.0 Å². The molecule has 2 heterocycles. The quantitative estimate of drug-likeness (QED) is 0.533. The molecule has 1 aliphatic heterocycles. The van der Waals surface area contributed by atoms with Gasteiger partial charge in [-0.2, -0.15) is 0 Å². The Kier molecular flexibility index (Phi) is 11.8. The Morgan fingerprint density at radius 2 is 1.64 bits per heavy atom. The lowest BCUT2D eigenvalue weighted by atomic mass is 10.1. The lowest BCUT2D eigenvalue weighted by Gasteiger charge is -2.22. The molecule has 2 aromatic rings. The van der Waals surface area contributed by atoms with Crippen LogP contribution in [0.15, 0.2) is 36.4 Å². The Hall–Kier alpha value is -2.67. The van der Waals surface area contributed by atoms with Gasteiger partial charge in [0.25, 0.3) is 5.91 Å². The molecule has 1 N–H and O–H groups in total. The highest BCUT2D eigenvalue weighted by Gasteiger charge is 2.42. The molecule has 0 spiro atoms. The first kappa shape index (κ1) is 28.4. The molecule has 0 saturated carbocycles. The number of carbonyl (C=O) groups is 3. The minimum Gasteiger partial charge on any atom is -0.439 e. The molecule has 1 aromatic heterocycles. The molecule has 182 valence electrons. The molecule has 0 aliphatic carbocycles. The molecule has 7 heteroatoms. The van der Waals surface area contributed by atoms with Crippen molar-refractivity contribution in [2.24, 2.45) is 0 Å². The van der Waals surface area contributed by atoms with Crippen LogP contribution in [-0.4, -0.2) is 36.5 Å². The van der Waals surface area contributed by atoms with E-state index >= 15 is 0 Å². The summed E-state index contributed by atoms with van der Waals surface area (Å²) in [5.41, 5.74) is 1.19. The van der Waals surface area contributed by atoms with Crippen molar-refractivity contribution >= 4 is 34.8 Å². The Morgan fingerprint density at radius 3 is 2.09 bits per heavy atom. The number of cyclic esters (lactones) is 1. The van der Waals surface area contributed by atoms with E-state index in [9.17, 15) is 14.4 Å². The number of nitrogens with one attached hydrogen (secondary N) is 1. The van der Waals surface area contributed by atoms with Gasteiger partial charge >= 0.3 is 6.09 Å². The minimum atomic E-state index is -0.746. The monoisotopic (exact) mass is 474 g/mol. The molecule has 1 aliphatic rings. The molecule has 1 fully saturated rings. The fraction of sp³-hybridized carbons (Fsp3) is 0.500. The maximum Gasteiger partial charge on any atom is 0.415 e. The average Bonchev–Trinajstić information content (AvgIpc) is 3.36. The molecule has 1 saturated heterocycles. The number of benzene rings is 1. The van der Waals surface area contributed by atoms with Crippen molar-refractivity contribution in [3.63, 3.8) is 0 Å². The van der Waals surface area contributed by atoms with Gasteiger partial charge in [0.2, 0.25) is 0 Å². The SMILES string of the molecule is CCC(C)=O.CCCC.Cc1ccc(N2CC(C)(CNC(=O)c3ccc(C)s3)OC2=O)cc1. The van der Waals surface area contributed by atoms with Crippen molar-refractivity contribution in [1.29, 1.82) is 0 Å². The summed E-state index contributed by atoms with van der Waals surface area (Å²) in [6, 6.07) is 11.4. The number of unbranched alkanes of at least 4 members (excludes halogenated alkanes) is 1. The number of hydrogen-bond donors (Lipinski definition) is 1. The number of amides is 2. The van der Waals surface area contributed by atoms with Crippen molar-refractivity contribution in [2.75, 3.05) is 18.0 Å². The van der Waals surface area contributed by atoms with Crippen molar-refractivity contribution in [3.05, 3.63) is 51.7 Å².